The smallest absolute Gasteiger partial charge is 0.253 e. The molecule has 0 bridgehead atoms. The van der Waals surface area contributed by atoms with Gasteiger partial charge in [0.1, 0.15) is 29.2 Å². The molecule has 0 unspecified atom stereocenters. The summed E-state index contributed by atoms with van der Waals surface area (Å²) in [6, 6.07) is 19.1. The van der Waals surface area contributed by atoms with Gasteiger partial charge in [-0.2, -0.15) is 5.26 Å². The predicted octanol–water partition coefficient (Wildman–Crippen LogP) is 5.22. The first kappa shape index (κ1) is 26.4. The number of hydrogen-bond acceptors (Lipinski definition) is 7. The molecular formula is C31H32N4O4. The highest BCUT2D eigenvalue weighted by molar-refractivity contribution is 5.95. The van der Waals surface area contributed by atoms with Gasteiger partial charge in [0.2, 0.25) is 0 Å². The molecule has 200 valence electrons. The van der Waals surface area contributed by atoms with Crippen LogP contribution in [-0.4, -0.2) is 74.2 Å². The van der Waals surface area contributed by atoms with E-state index in [-0.39, 0.29) is 12.0 Å². The Morgan fingerprint density at radius 3 is 2.49 bits per heavy atom. The fraction of sp³-hybridized carbons (Fsp3) is 0.323. The van der Waals surface area contributed by atoms with Crippen LogP contribution in [0.1, 0.15) is 28.8 Å². The van der Waals surface area contributed by atoms with Crippen LogP contribution in [-0.2, 0) is 4.74 Å². The van der Waals surface area contributed by atoms with Crippen LogP contribution in [0.15, 0.2) is 65.2 Å². The van der Waals surface area contributed by atoms with Crippen molar-refractivity contribution in [1.82, 2.24) is 14.8 Å². The van der Waals surface area contributed by atoms with Crippen LogP contribution in [0, 0.1) is 11.3 Å². The Labute approximate surface area is 228 Å². The van der Waals surface area contributed by atoms with E-state index in [4.69, 9.17) is 13.9 Å². The van der Waals surface area contributed by atoms with Crippen molar-refractivity contribution in [2.45, 2.75) is 18.9 Å². The maximum atomic E-state index is 12.8. The summed E-state index contributed by atoms with van der Waals surface area (Å²) in [4.78, 5) is 21.0. The lowest BCUT2D eigenvalue weighted by Crippen LogP contribution is -2.33. The largest absolute Gasteiger partial charge is 0.489 e. The number of furan rings is 1. The maximum absolute atomic E-state index is 12.8. The quantitative estimate of drug-likeness (QED) is 0.312. The van der Waals surface area contributed by atoms with E-state index < -0.39 is 0 Å². The number of amides is 1. The molecule has 1 aliphatic heterocycles. The molecule has 8 heteroatoms. The molecule has 2 aromatic carbocycles. The Kier molecular flexibility index (Phi) is 7.92. The van der Waals surface area contributed by atoms with E-state index in [1.807, 2.05) is 80.6 Å². The van der Waals surface area contributed by atoms with Gasteiger partial charge in [0.25, 0.3) is 5.91 Å². The fourth-order valence-corrected chi connectivity index (χ4v) is 4.62. The lowest BCUT2D eigenvalue weighted by molar-refractivity contribution is 0.0254. The van der Waals surface area contributed by atoms with Crippen LogP contribution in [0.5, 0.6) is 5.75 Å². The van der Waals surface area contributed by atoms with Gasteiger partial charge < -0.3 is 23.7 Å². The van der Waals surface area contributed by atoms with Crippen LogP contribution < -0.4 is 4.74 Å². The van der Waals surface area contributed by atoms with E-state index in [2.05, 4.69) is 11.1 Å². The molecule has 39 heavy (non-hydrogen) atoms. The highest BCUT2D eigenvalue weighted by Crippen LogP contribution is 2.35. The second-order valence-electron chi connectivity index (χ2n) is 10.0. The van der Waals surface area contributed by atoms with Gasteiger partial charge in [0, 0.05) is 61.9 Å². The molecule has 0 radical (unpaired) electrons. The number of ether oxygens (including phenoxy) is 2. The van der Waals surface area contributed by atoms with Gasteiger partial charge in [-0.3, -0.25) is 9.78 Å². The minimum Gasteiger partial charge on any atom is -0.489 e. The highest BCUT2D eigenvalue weighted by Gasteiger charge is 2.19. The normalized spacial score (nSPS) is 13.9. The fourth-order valence-electron chi connectivity index (χ4n) is 4.62. The van der Waals surface area contributed by atoms with Crippen molar-refractivity contribution in [2.24, 2.45) is 0 Å². The molecule has 8 nitrogen and oxygen atoms in total. The van der Waals surface area contributed by atoms with Crippen molar-refractivity contribution in [1.29, 1.82) is 5.26 Å². The monoisotopic (exact) mass is 524 g/mol. The Balaban J connectivity index is 1.39. The van der Waals surface area contributed by atoms with Gasteiger partial charge in [-0.25, -0.2) is 0 Å². The molecule has 0 spiro atoms. The number of likely N-dealkylation sites (N-methyl/N-ethyl adjacent to an activating group) is 2. The minimum atomic E-state index is -0.0190. The second kappa shape index (κ2) is 11.7. The SMILES string of the molecule is CN(C)CCN(C)C(=O)c1ccc(-c2cc3nccc(-c4ccc(OC5CCOCC5)c(C#N)c4)c3o2)cc1. The summed E-state index contributed by atoms with van der Waals surface area (Å²) in [5.41, 5.74) is 5.00. The van der Waals surface area contributed by atoms with E-state index in [9.17, 15) is 10.1 Å². The summed E-state index contributed by atoms with van der Waals surface area (Å²) in [6.45, 7) is 2.80. The van der Waals surface area contributed by atoms with Crippen molar-refractivity contribution in [2.75, 3.05) is 47.4 Å². The third-order valence-electron chi connectivity index (χ3n) is 6.93. The number of aromatic nitrogens is 1. The number of fused-ring (bicyclic) bond motifs is 1. The van der Waals surface area contributed by atoms with Gasteiger partial charge in [-0.05, 0) is 50.0 Å². The molecule has 2 aromatic heterocycles. The molecule has 1 aliphatic rings. The number of hydrogen-bond donors (Lipinski definition) is 0. The van der Waals surface area contributed by atoms with Gasteiger partial charge in [0.05, 0.1) is 18.8 Å². The van der Waals surface area contributed by atoms with Crippen LogP contribution in [0.2, 0.25) is 0 Å². The standard InChI is InChI=1S/C31H32N4O4/c1-34(2)14-15-35(3)31(36)22-6-4-21(5-7-22)29-19-27-30(39-29)26(10-13-33-27)23-8-9-28(24(18-23)20-32)38-25-11-16-37-17-12-25/h4-10,13,18-19,25H,11-12,14-17H2,1-3H3. The van der Waals surface area contributed by atoms with Gasteiger partial charge in [-0.1, -0.05) is 18.2 Å². The van der Waals surface area contributed by atoms with Crippen molar-refractivity contribution in [3.63, 3.8) is 0 Å². The van der Waals surface area contributed by atoms with Crippen LogP contribution in [0.4, 0.5) is 0 Å². The number of nitriles is 1. The maximum Gasteiger partial charge on any atom is 0.253 e. The molecule has 0 N–H and O–H groups in total. The zero-order chi connectivity index (χ0) is 27.4. The summed E-state index contributed by atoms with van der Waals surface area (Å²) in [5.74, 6) is 1.22. The van der Waals surface area contributed by atoms with Gasteiger partial charge >= 0.3 is 0 Å². The van der Waals surface area contributed by atoms with Gasteiger partial charge in [0.15, 0.2) is 5.58 Å². The summed E-state index contributed by atoms with van der Waals surface area (Å²) in [7, 11) is 5.79. The first-order valence-corrected chi connectivity index (χ1v) is 13.1. The zero-order valence-corrected chi connectivity index (χ0v) is 22.5. The molecular weight excluding hydrogens is 492 g/mol. The lowest BCUT2D eigenvalue weighted by Gasteiger charge is -2.23. The van der Waals surface area contributed by atoms with Gasteiger partial charge in [-0.15, -0.1) is 0 Å². The van der Waals surface area contributed by atoms with Crippen molar-refractivity contribution in [3.8, 4) is 34.3 Å². The molecule has 4 aromatic rings. The Morgan fingerprint density at radius 2 is 1.77 bits per heavy atom. The van der Waals surface area contributed by atoms with E-state index in [1.54, 1.807) is 11.1 Å². The summed E-state index contributed by atoms with van der Waals surface area (Å²) >= 11 is 0. The Hall–Kier alpha value is -4.19. The van der Waals surface area contributed by atoms with Crippen LogP contribution in [0.25, 0.3) is 33.6 Å². The third-order valence-corrected chi connectivity index (χ3v) is 6.93. The van der Waals surface area contributed by atoms with Crippen molar-refractivity contribution in [3.05, 3.63) is 71.9 Å². The number of rotatable bonds is 8. The number of pyridine rings is 1. The summed E-state index contributed by atoms with van der Waals surface area (Å²) in [6.07, 6.45) is 3.42. The molecule has 0 saturated carbocycles. The van der Waals surface area contributed by atoms with Crippen LogP contribution in [0.3, 0.4) is 0 Å². The zero-order valence-electron chi connectivity index (χ0n) is 22.5. The molecule has 5 rings (SSSR count). The average Bonchev–Trinajstić information content (AvgIpc) is 3.41. The molecule has 0 atom stereocenters. The van der Waals surface area contributed by atoms with E-state index in [1.165, 1.54) is 0 Å². The summed E-state index contributed by atoms with van der Waals surface area (Å²) < 4.78 is 17.8. The number of benzene rings is 2. The number of carbonyl (C=O) groups is 1. The first-order chi connectivity index (χ1) is 18.9. The molecule has 1 fully saturated rings. The molecule has 1 amide bonds. The molecule has 1 saturated heterocycles. The van der Waals surface area contributed by atoms with E-state index >= 15 is 0 Å². The minimum absolute atomic E-state index is 0.0190. The average molecular weight is 525 g/mol. The van der Waals surface area contributed by atoms with Crippen molar-refractivity contribution >= 4 is 17.0 Å². The topological polar surface area (TPSA) is 91.8 Å². The first-order valence-electron chi connectivity index (χ1n) is 13.1. The Morgan fingerprint density at radius 1 is 1.03 bits per heavy atom. The highest BCUT2D eigenvalue weighted by atomic mass is 16.5. The van der Waals surface area contributed by atoms with Crippen molar-refractivity contribution < 1.29 is 18.7 Å². The van der Waals surface area contributed by atoms with E-state index in [0.29, 0.717) is 53.5 Å². The number of carbonyl (C=O) groups excluding carboxylic acids is 1. The predicted molar refractivity (Wildman–Crippen MR) is 150 cm³/mol. The van der Waals surface area contributed by atoms with E-state index in [0.717, 1.165) is 36.1 Å². The third kappa shape index (κ3) is 5.95. The number of nitrogens with zero attached hydrogens (tertiary/aromatic N) is 4. The second-order valence-corrected chi connectivity index (χ2v) is 10.0. The Bertz CT molecular complexity index is 1500. The molecule has 0 aliphatic carbocycles. The van der Waals surface area contributed by atoms with Crippen LogP contribution >= 0.6 is 0 Å². The summed E-state index contributed by atoms with van der Waals surface area (Å²) in [5, 5.41) is 9.82. The lowest BCUT2D eigenvalue weighted by atomic mass is 10.0. The molecule has 3 heterocycles.